The lowest BCUT2D eigenvalue weighted by Crippen LogP contribution is -2.45. The van der Waals surface area contributed by atoms with Gasteiger partial charge >= 0.3 is 12.1 Å². The van der Waals surface area contributed by atoms with E-state index in [2.05, 4.69) is 34.9 Å². The second-order valence-electron chi connectivity index (χ2n) is 9.96. The number of amides is 2. The van der Waals surface area contributed by atoms with Gasteiger partial charge in [-0.1, -0.05) is 68.8 Å². The number of benzene rings is 2. The Kier molecular flexibility index (Phi) is 7.73. The molecule has 0 aromatic heterocycles. The standard InChI is InChI=1S/C28H34N2O5/c1-17(2)25(14-26(31)32)30-27(33)19-13-7-8-18(19)15-29-28(34)35-16-24-22-11-5-3-9-20(22)21-10-4-6-12-23(21)24/h3-6,9-12,17-19,24-25H,7-8,13-16H2,1-2H3,(H,29,34)(H,30,33)(H,31,32)/t18-,19-,25?/m1/s1. The number of carbonyl (C=O) groups excluding carboxylic acids is 2. The van der Waals surface area contributed by atoms with Crippen molar-refractivity contribution in [1.82, 2.24) is 10.6 Å². The van der Waals surface area contributed by atoms with Crippen molar-refractivity contribution in [1.29, 1.82) is 0 Å². The van der Waals surface area contributed by atoms with Crippen LogP contribution in [-0.2, 0) is 14.3 Å². The number of alkyl carbamates (subject to hydrolysis) is 1. The van der Waals surface area contributed by atoms with Crippen LogP contribution in [0.4, 0.5) is 4.79 Å². The van der Waals surface area contributed by atoms with Gasteiger partial charge < -0.3 is 20.5 Å². The highest BCUT2D eigenvalue weighted by Gasteiger charge is 2.35. The average molecular weight is 479 g/mol. The maximum Gasteiger partial charge on any atom is 0.407 e. The normalized spacial score (nSPS) is 19.6. The fourth-order valence-corrected chi connectivity index (χ4v) is 5.42. The van der Waals surface area contributed by atoms with Crippen molar-refractivity contribution >= 4 is 18.0 Å². The highest BCUT2D eigenvalue weighted by atomic mass is 16.5. The second-order valence-corrected chi connectivity index (χ2v) is 9.96. The van der Waals surface area contributed by atoms with Crippen molar-refractivity contribution in [3.63, 3.8) is 0 Å². The largest absolute Gasteiger partial charge is 0.481 e. The Bertz CT molecular complexity index is 1040. The van der Waals surface area contributed by atoms with Crippen molar-refractivity contribution in [2.24, 2.45) is 17.8 Å². The highest BCUT2D eigenvalue weighted by molar-refractivity contribution is 5.81. The van der Waals surface area contributed by atoms with E-state index < -0.39 is 18.1 Å². The monoisotopic (exact) mass is 478 g/mol. The summed E-state index contributed by atoms with van der Waals surface area (Å²) in [4.78, 5) is 36.6. The average Bonchev–Trinajstić information content (AvgIpc) is 3.43. The number of hydrogen-bond donors (Lipinski definition) is 3. The summed E-state index contributed by atoms with van der Waals surface area (Å²) in [5, 5.41) is 14.9. The Morgan fingerprint density at radius 1 is 1.00 bits per heavy atom. The zero-order valence-electron chi connectivity index (χ0n) is 20.3. The van der Waals surface area contributed by atoms with Crippen LogP contribution in [0, 0.1) is 17.8 Å². The first-order valence-electron chi connectivity index (χ1n) is 12.5. The molecule has 4 rings (SSSR count). The van der Waals surface area contributed by atoms with Crippen LogP contribution >= 0.6 is 0 Å². The molecule has 1 fully saturated rings. The van der Waals surface area contributed by atoms with Crippen molar-refractivity contribution in [3.05, 3.63) is 59.7 Å². The molecule has 0 saturated heterocycles. The molecule has 2 aromatic carbocycles. The summed E-state index contributed by atoms with van der Waals surface area (Å²) < 4.78 is 5.62. The molecule has 1 unspecified atom stereocenters. The summed E-state index contributed by atoms with van der Waals surface area (Å²) in [6.07, 6.45) is 1.90. The molecule has 3 atom stereocenters. The molecule has 1 saturated carbocycles. The highest BCUT2D eigenvalue weighted by Crippen LogP contribution is 2.44. The van der Waals surface area contributed by atoms with Crippen LogP contribution in [0.25, 0.3) is 11.1 Å². The van der Waals surface area contributed by atoms with E-state index in [0.29, 0.717) is 6.54 Å². The Morgan fingerprint density at radius 2 is 1.63 bits per heavy atom. The van der Waals surface area contributed by atoms with Crippen LogP contribution in [-0.4, -0.2) is 42.3 Å². The molecule has 35 heavy (non-hydrogen) atoms. The van der Waals surface area contributed by atoms with Gasteiger partial charge in [-0.3, -0.25) is 9.59 Å². The molecule has 0 radical (unpaired) electrons. The predicted octanol–water partition coefficient (Wildman–Crippen LogP) is 4.56. The molecular formula is C28H34N2O5. The molecule has 0 aliphatic heterocycles. The van der Waals surface area contributed by atoms with E-state index >= 15 is 0 Å². The van der Waals surface area contributed by atoms with E-state index in [1.165, 1.54) is 11.1 Å². The lowest BCUT2D eigenvalue weighted by atomic mass is 9.93. The minimum absolute atomic E-state index is 0.000332. The van der Waals surface area contributed by atoms with E-state index in [1.54, 1.807) is 0 Å². The van der Waals surface area contributed by atoms with E-state index in [0.717, 1.165) is 30.4 Å². The number of rotatable bonds is 9. The third-order valence-electron chi connectivity index (χ3n) is 7.38. The quantitative estimate of drug-likeness (QED) is 0.490. The van der Waals surface area contributed by atoms with E-state index in [4.69, 9.17) is 9.84 Å². The Morgan fingerprint density at radius 3 is 2.23 bits per heavy atom. The number of carboxylic acid groups (broad SMARTS) is 1. The molecule has 0 heterocycles. The van der Waals surface area contributed by atoms with Crippen LogP contribution in [0.1, 0.15) is 56.6 Å². The van der Waals surface area contributed by atoms with Gasteiger partial charge in [0.15, 0.2) is 0 Å². The fourth-order valence-electron chi connectivity index (χ4n) is 5.42. The molecule has 3 N–H and O–H groups in total. The molecule has 0 spiro atoms. The molecule has 2 amide bonds. The minimum atomic E-state index is -0.927. The topological polar surface area (TPSA) is 105 Å². The number of nitrogens with one attached hydrogen (secondary N) is 2. The van der Waals surface area contributed by atoms with Gasteiger partial charge in [-0.25, -0.2) is 4.79 Å². The van der Waals surface area contributed by atoms with Crippen molar-refractivity contribution in [2.45, 2.75) is 51.5 Å². The van der Waals surface area contributed by atoms with Gasteiger partial charge in [-0.05, 0) is 46.9 Å². The minimum Gasteiger partial charge on any atom is -0.481 e. The maximum absolute atomic E-state index is 12.9. The van der Waals surface area contributed by atoms with E-state index in [9.17, 15) is 14.4 Å². The number of fused-ring (bicyclic) bond motifs is 3. The van der Waals surface area contributed by atoms with Gasteiger partial charge in [0, 0.05) is 24.4 Å². The fraction of sp³-hybridized carbons (Fsp3) is 0.464. The Balaban J connectivity index is 1.30. The molecule has 2 aliphatic rings. The predicted molar refractivity (Wildman–Crippen MR) is 133 cm³/mol. The van der Waals surface area contributed by atoms with Gasteiger partial charge in [-0.2, -0.15) is 0 Å². The lowest BCUT2D eigenvalue weighted by molar-refractivity contribution is -0.138. The zero-order valence-corrected chi connectivity index (χ0v) is 20.3. The summed E-state index contributed by atoms with van der Waals surface area (Å²) in [6, 6.07) is 16.0. The van der Waals surface area contributed by atoms with Crippen LogP contribution in [0.2, 0.25) is 0 Å². The van der Waals surface area contributed by atoms with E-state index in [-0.39, 0.29) is 42.6 Å². The number of carbonyl (C=O) groups is 3. The molecule has 7 nitrogen and oxygen atoms in total. The summed E-state index contributed by atoms with van der Waals surface area (Å²) in [6.45, 7) is 4.41. The summed E-state index contributed by atoms with van der Waals surface area (Å²) in [5.41, 5.74) is 4.68. The number of ether oxygens (including phenoxy) is 1. The first-order chi connectivity index (χ1) is 16.8. The van der Waals surface area contributed by atoms with Crippen molar-refractivity contribution in [2.75, 3.05) is 13.2 Å². The number of aliphatic carboxylic acids is 1. The molecule has 0 bridgehead atoms. The molecule has 7 heteroatoms. The van der Waals surface area contributed by atoms with Crippen LogP contribution in [0.3, 0.4) is 0 Å². The lowest BCUT2D eigenvalue weighted by Gasteiger charge is -2.25. The van der Waals surface area contributed by atoms with Crippen molar-refractivity contribution < 1.29 is 24.2 Å². The zero-order chi connectivity index (χ0) is 24.9. The van der Waals surface area contributed by atoms with Gasteiger partial charge in [-0.15, -0.1) is 0 Å². The van der Waals surface area contributed by atoms with Gasteiger partial charge in [0.25, 0.3) is 0 Å². The molecule has 2 aromatic rings. The van der Waals surface area contributed by atoms with E-state index in [1.807, 2.05) is 38.1 Å². The summed E-state index contributed by atoms with van der Waals surface area (Å²) in [5.74, 6) is -1.26. The third kappa shape index (κ3) is 5.66. The van der Waals surface area contributed by atoms with Gasteiger partial charge in [0.2, 0.25) is 5.91 Å². The van der Waals surface area contributed by atoms with Crippen LogP contribution in [0.5, 0.6) is 0 Å². The summed E-state index contributed by atoms with van der Waals surface area (Å²) >= 11 is 0. The first kappa shape index (κ1) is 24.8. The Labute approximate surface area is 206 Å². The number of hydrogen-bond acceptors (Lipinski definition) is 4. The van der Waals surface area contributed by atoms with Gasteiger partial charge in [0.1, 0.15) is 6.61 Å². The Hall–Kier alpha value is -3.35. The van der Waals surface area contributed by atoms with Crippen molar-refractivity contribution in [3.8, 4) is 11.1 Å². The van der Waals surface area contributed by atoms with Crippen LogP contribution < -0.4 is 10.6 Å². The smallest absolute Gasteiger partial charge is 0.407 e. The van der Waals surface area contributed by atoms with Crippen LogP contribution in [0.15, 0.2) is 48.5 Å². The first-order valence-corrected chi connectivity index (χ1v) is 12.5. The summed E-state index contributed by atoms with van der Waals surface area (Å²) in [7, 11) is 0. The molecular weight excluding hydrogens is 444 g/mol. The third-order valence-corrected chi connectivity index (χ3v) is 7.38. The van der Waals surface area contributed by atoms with Gasteiger partial charge in [0.05, 0.1) is 6.42 Å². The number of carboxylic acids is 1. The molecule has 2 aliphatic carbocycles. The second kappa shape index (κ2) is 10.9. The maximum atomic E-state index is 12.9. The molecule has 186 valence electrons. The SMILES string of the molecule is CC(C)C(CC(=O)O)NC(=O)[C@@H]1CCC[C@@H]1CNC(=O)OCC1c2ccccc2-c2ccccc21.